The number of nitrogens with zero attached hydrogens (tertiary/aromatic N) is 6. The van der Waals surface area contributed by atoms with Crippen molar-refractivity contribution in [3.8, 4) is 62.3 Å². The summed E-state index contributed by atoms with van der Waals surface area (Å²) < 4.78 is 24.1. The van der Waals surface area contributed by atoms with Crippen LogP contribution in [0, 0.1) is 29.3 Å². The van der Waals surface area contributed by atoms with Gasteiger partial charge >= 0.3 is 0 Å². The molecule has 7 nitrogen and oxygen atoms in total. The summed E-state index contributed by atoms with van der Waals surface area (Å²) in [6.45, 7) is 17.7. The Balaban J connectivity index is 0.000000221. The van der Waals surface area contributed by atoms with E-state index in [0.29, 0.717) is 28.6 Å². The molecule has 0 aliphatic heterocycles. The Labute approximate surface area is 440 Å². The van der Waals surface area contributed by atoms with Gasteiger partial charge in [-0.15, -0.1) is 48.0 Å². The molecule has 9 heteroatoms. The Hall–Kier alpha value is -7.76. The number of pyridine rings is 1. The molecule has 0 saturated carbocycles. The number of imidazole rings is 2. The number of hydrogen-bond donors (Lipinski definition) is 0. The van der Waals surface area contributed by atoms with E-state index < -0.39 is 0 Å². The summed E-state index contributed by atoms with van der Waals surface area (Å²) in [4.78, 5) is 14.3. The van der Waals surface area contributed by atoms with E-state index in [0.717, 1.165) is 61.7 Å². The molecule has 0 aliphatic carbocycles. The second-order valence-corrected chi connectivity index (χ2v) is 19.5. The molecule has 7 aromatic carbocycles. The SMILES string of the molecule is CC(C)c1cc(-c2ccc(-c3ccccc3)cc2)cc(C(C)C)c1-n1c(-c2[c-]ccc3c2oc2cc(C#N)ccc23)nc2ccccc21.CC(C)c1cnc(C(C)C)n1-c1ccnc(-c2[c-]cc(F)cc2)c1.[Ir]. The van der Waals surface area contributed by atoms with Gasteiger partial charge in [-0.2, -0.15) is 5.26 Å². The molecule has 365 valence electrons. The van der Waals surface area contributed by atoms with Crippen molar-refractivity contribution in [2.24, 2.45) is 0 Å². The number of halogens is 1. The number of aromatic nitrogens is 5. The summed E-state index contributed by atoms with van der Waals surface area (Å²) in [6, 6.07) is 59.1. The van der Waals surface area contributed by atoms with E-state index in [4.69, 9.17) is 9.40 Å². The number of furan rings is 1. The van der Waals surface area contributed by atoms with Gasteiger partial charge in [-0.1, -0.05) is 145 Å². The third-order valence-corrected chi connectivity index (χ3v) is 13.3. The third kappa shape index (κ3) is 9.81. The molecule has 0 unspecified atom stereocenters. The molecule has 0 atom stereocenters. The number of nitriles is 1. The predicted molar refractivity (Wildman–Crippen MR) is 290 cm³/mol. The minimum atomic E-state index is -0.297. The van der Waals surface area contributed by atoms with Gasteiger partial charge in [-0.25, -0.2) is 4.98 Å². The van der Waals surface area contributed by atoms with E-state index in [2.05, 4.69) is 178 Å². The van der Waals surface area contributed by atoms with Crippen LogP contribution in [0.3, 0.4) is 0 Å². The number of fused-ring (bicyclic) bond motifs is 4. The molecular formula is C64H55FIrN6O-2. The topological polar surface area (TPSA) is 85.5 Å². The van der Waals surface area contributed by atoms with Crippen molar-refractivity contribution < 1.29 is 28.9 Å². The molecule has 4 aromatic heterocycles. The van der Waals surface area contributed by atoms with Crippen LogP contribution in [0.2, 0.25) is 0 Å². The maximum absolute atomic E-state index is 13.1. The van der Waals surface area contributed by atoms with Crippen molar-refractivity contribution in [2.75, 3.05) is 0 Å². The average Bonchev–Trinajstić information content (AvgIpc) is 4.13. The van der Waals surface area contributed by atoms with E-state index in [1.807, 2.05) is 48.7 Å². The van der Waals surface area contributed by atoms with E-state index in [1.54, 1.807) is 18.3 Å². The molecule has 73 heavy (non-hydrogen) atoms. The Morgan fingerprint density at radius 1 is 0.630 bits per heavy atom. The first-order chi connectivity index (χ1) is 34.9. The normalized spacial score (nSPS) is 11.5. The van der Waals surface area contributed by atoms with Gasteiger partial charge in [0.2, 0.25) is 0 Å². The first-order valence-corrected chi connectivity index (χ1v) is 24.7. The quantitative estimate of drug-likeness (QED) is 0.127. The minimum absolute atomic E-state index is 0. The van der Waals surface area contributed by atoms with Gasteiger partial charge in [0.05, 0.1) is 34.1 Å². The molecule has 0 amide bonds. The first-order valence-electron chi connectivity index (χ1n) is 24.7. The van der Waals surface area contributed by atoms with E-state index in [9.17, 15) is 9.65 Å². The van der Waals surface area contributed by atoms with Gasteiger partial charge in [-0.05, 0) is 99.3 Å². The van der Waals surface area contributed by atoms with E-state index in [-0.39, 0.29) is 37.8 Å². The smallest absolute Gasteiger partial charge is 0.122 e. The summed E-state index contributed by atoms with van der Waals surface area (Å²) in [6.07, 6.45) is 3.72. The van der Waals surface area contributed by atoms with Crippen molar-refractivity contribution in [1.82, 2.24) is 24.1 Å². The summed E-state index contributed by atoms with van der Waals surface area (Å²) in [5, 5.41) is 11.5. The Bertz CT molecular complexity index is 3730. The fourth-order valence-corrected chi connectivity index (χ4v) is 9.62. The van der Waals surface area contributed by atoms with Crippen LogP contribution >= 0.6 is 0 Å². The van der Waals surface area contributed by atoms with Gasteiger partial charge in [0, 0.05) is 66.7 Å². The van der Waals surface area contributed by atoms with Gasteiger partial charge in [0.25, 0.3) is 0 Å². The number of rotatable bonds is 10. The number of para-hydroxylation sites is 2. The van der Waals surface area contributed by atoms with Crippen molar-refractivity contribution in [2.45, 2.75) is 79.1 Å². The summed E-state index contributed by atoms with van der Waals surface area (Å²) in [7, 11) is 0. The van der Waals surface area contributed by atoms with Crippen LogP contribution in [-0.4, -0.2) is 24.1 Å². The van der Waals surface area contributed by atoms with E-state index >= 15 is 0 Å². The van der Waals surface area contributed by atoms with E-state index in [1.165, 1.54) is 51.2 Å². The van der Waals surface area contributed by atoms with Crippen molar-refractivity contribution in [1.29, 1.82) is 5.26 Å². The second kappa shape index (κ2) is 21.1. The van der Waals surface area contributed by atoms with Crippen LogP contribution in [0.4, 0.5) is 4.39 Å². The molecule has 0 spiro atoms. The zero-order valence-electron chi connectivity index (χ0n) is 42.2. The Morgan fingerprint density at radius 3 is 1.97 bits per heavy atom. The van der Waals surface area contributed by atoms with Gasteiger partial charge in [-0.3, -0.25) is 9.37 Å². The van der Waals surface area contributed by atoms with Crippen LogP contribution in [-0.2, 0) is 20.1 Å². The van der Waals surface area contributed by atoms with Crippen molar-refractivity contribution >= 4 is 33.0 Å². The maximum atomic E-state index is 13.1. The molecule has 1 radical (unpaired) electrons. The molecule has 0 bridgehead atoms. The van der Waals surface area contributed by atoms with Crippen molar-refractivity contribution in [3.05, 3.63) is 210 Å². The number of hydrogen-bond acceptors (Lipinski definition) is 5. The monoisotopic (exact) mass is 1140 g/mol. The molecule has 0 fully saturated rings. The number of benzene rings is 7. The average molecular weight is 1140 g/mol. The van der Waals surface area contributed by atoms with Gasteiger partial charge in [0.1, 0.15) is 11.4 Å². The largest absolute Gasteiger partial charge is 0.500 e. The molecule has 0 aliphatic rings. The van der Waals surface area contributed by atoms with Gasteiger partial charge < -0.3 is 18.5 Å². The van der Waals surface area contributed by atoms with Crippen LogP contribution in [0.1, 0.15) is 107 Å². The standard InChI is InChI=1S/C44H34N3O.C20H21FN3.Ir/c1-27(2)37-24-33(32-20-18-31(19-21-32)30-11-6-5-7-12-30)25-38(28(3)4)42(37)47-40-16-9-8-15-39(40)46-44(47)36-14-10-13-35-34-22-17-29(26-45)23-41(34)48-43(35)36;1-13(2)19-12-23-20(14(3)4)24(19)17-9-10-22-18(11-17)15-5-7-16(21)8-6-15;/h5-13,15-25,27-28H,1-4H3;5,7-14H,1-4H3;/q2*-1;. The third-order valence-electron chi connectivity index (χ3n) is 13.3. The van der Waals surface area contributed by atoms with Crippen molar-refractivity contribution in [3.63, 3.8) is 0 Å². The van der Waals surface area contributed by atoms with Crippen LogP contribution in [0.25, 0.3) is 89.2 Å². The zero-order chi connectivity index (χ0) is 50.2. The fourth-order valence-electron chi connectivity index (χ4n) is 9.62. The van der Waals surface area contributed by atoms with Gasteiger partial charge in [0.15, 0.2) is 0 Å². The van der Waals surface area contributed by atoms with Crippen LogP contribution in [0.15, 0.2) is 168 Å². The molecular weight excluding hydrogens is 1080 g/mol. The Morgan fingerprint density at radius 2 is 1.32 bits per heavy atom. The summed E-state index contributed by atoms with van der Waals surface area (Å²) in [5.41, 5.74) is 16.9. The molecule has 11 aromatic rings. The van der Waals surface area contributed by atoms with Crippen LogP contribution in [0.5, 0.6) is 0 Å². The molecule has 0 saturated heterocycles. The molecule has 0 N–H and O–H groups in total. The predicted octanol–water partition coefficient (Wildman–Crippen LogP) is 17.0. The minimum Gasteiger partial charge on any atom is -0.500 e. The summed E-state index contributed by atoms with van der Waals surface area (Å²) >= 11 is 0. The molecule has 11 rings (SSSR count). The summed E-state index contributed by atoms with van der Waals surface area (Å²) in [5.74, 6) is 2.67. The fraction of sp³-hybridized carbons (Fsp3) is 0.188. The maximum Gasteiger partial charge on any atom is 0.122 e. The molecule has 4 heterocycles. The zero-order valence-corrected chi connectivity index (χ0v) is 44.6. The second-order valence-electron chi connectivity index (χ2n) is 19.5. The Kier molecular flexibility index (Phi) is 14.5. The first kappa shape index (κ1) is 50.2. The van der Waals surface area contributed by atoms with Crippen LogP contribution < -0.4 is 0 Å².